The molecule has 0 saturated carbocycles. The number of esters is 1. The first-order chi connectivity index (χ1) is 14.8. The lowest BCUT2D eigenvalue weighted by Gasteiger charge is -2.32. The van der Waals surface area contributed by atoms with Crippen molar-refractivity contribution in [2.75, 3.05) is 7.11 Å². The predicted molar refractivity (Wildman–Crippen MR) is 122 cm³/mol. The number of amides is 1. The number of nitriles is 1. The second-order valence-electron chi connectivity index (χ2n) is 7.84. The fourth-order valence-corrected chi connectivity index (χ4v) is 3.70. The summed E-state index contributed by atoms with van der Waals surface area (Å²) in [7, 11) is 1.35. The van der Waals surface area contributed by atoms with Crippen molar-refractivity contribution in [3.63, 3.8) is 0 Å². The van der Waals surface area contributed by atoms with Crippen molar-refractivity contribution in [1.29, 1.82) is 5.26 Å². The zero-order chi connectivity index (χ0) is 23.0. The molecule has 1 amide bonds. The van der Waals surface area contributed by atoms with Crippen LogP contribution >= 0.6 is 11.6 Å². The number of rotatable bonds is 9. The molecule has 0 radical (unpaired) electrons. The molecule has 164 valence electrons. The molecule has 0 bridgehead atoms. The van der Waals surface area contributed by atoms with Crippen LogP contribution in [0.25, 0.3) is 11.1 Å². The number of benzene rings is 2. The van der Waals surface area contributed by atoms with Gasteiger partial charge in [0.1, 0.15) is 6.04 Å². The van der Waals surface area contributed by atoms with Crippen LogP contribution in [0.1, 0.15) is 51.2 Å². The number of unbranched alkanes of at least 4 members (excludes halogenated alkanes) is 1. The Morgan fingerprint density at radius 1 is 1.16 bits per heavy atom. The SMILES string of the molecule is CCCCC(=O)N(Cc1ccc(-c2cc(Cl)ccc2C#N)cc1)C(C(=O)OC)C(C)C. The van der Waals surface area contributed by atoms with Gasteiger partial charge in [-0.3, -0.25) is 4.79 Å². The van der Waals surface area contributed by atoms with E-state index in [1.165, 1.54) is 7.11 Å². The van der Waals surface area contributed by atoms with Crippen LogP contribution in [0.15, 0.2) is 42.5 Å². The summed E-state index contributed by atoms with van der Waals surface area (Å²) in [5.41, 5.74) is 3.05. The van der Waals surface area contributed by atoms with Gasteiger partial charge in [0, 0.05) is 23.6 Å². The zero-order valence-electron chi connectivity index (χ0n) is 18.5. The van der Waals surface area contributed by atoms with E-state index in [0.29, 0.717) is 23.6 Å². The summed E-state index contributed by atoms with van der Waals surface area (Å²) in [6, 6.07) is 14.3. The van der Waals surface area contributed by atoms with Gasteiger partial charge in [-0.05, 0) is 41.7 Å². The summed E-state index contributed by atoms with van der Waals surface area (Å²) < 4.78 is 4.98. The first-order valence-electron chi connectivity index (χ1n) is 10.5. The Morgan fingerprint density at radius 3 is 2.39 bits per heavy atom. The van der Waals surface area contributed by atoms with Crippen LogP contribution in [0.5, 0.6) is 0 Å². The minimum atomic E-state index is -0.646. The molecule has 2 rings (SSSR count). The molecule has 0 heterocycles. The average Bonchev–Trinajstić information content (AvgIpc) is 2.77. The van der Waals surface area contributed by atoms with E-state index < -0.39 is 12.0 Å². The third-order valence-corrected chi connectivity index (χ3v) is 5.43. The lowest BCUT2D eigenvalue weighted by Crippen LogP contribution is -2.48. The first-order valence-corrected chi connectivity index (χ1v) is 10.9. The Labute approximate surface area is 189 Å². The lowest BCUT2D eigenvalue weighted by molar-refractivity contribution is -0.155. The predicted octanol–water partition coefficient (Wildman–Crippen LogP) is 5.60. The highest BCUT2D eigenvalue weighted by molar-refractivity contribution is 6.30. The summed E-state index contributed by atoms with van der Waals surface area (Å²) >= 11 is 6.11. The van der Waals surface area contributed by atoms with Crippen molar-refractivity contribution in [1.82, 2.24) is 4.90 Å². The van der Waals surface area contributed by atoms with E-state index in [1.54, 1.807) is 23.1 Å². The molecule has 6 heteroatoms. The number of nitrogens with zero attached hydrogens (tertiary/aromatic N) is 2. The number of carbonyl (C=O) groups excluding carboxylic acids is 2. The Morgan fingerprint density at radius 2 is 1.84 bits per heavy atom. The van der Waals surface area contributed by atoms with Crippen LogP contribution in [0.3, 0.4) is 0 Å². The molecule has 0 N–H and O–H groups in total. The molecule has 5 nitrogen and oxygen atoms in total. The molecule has 0 spiro atoms. The Bertz CT molecular complexity index is 948. The molecule has 2 aromatic rings. The van der Waals surface area contributed by atoms with Crippen molar-refractivity contribution in [3.8, 4) is 17.2 Å². The molecule has 0 saturated heterocycles. The van der Waals surface area contributed by atoms with Crippen LogP contribution in [-0.2, 0) is 20.9 Å². The van der Waals surface area contributed by atoms with Crippen LogP contribution in [0.4, 0.5) is 0 Å². The van der Waals surface area contributed by atoms with Gasteiger partial charge < -0.3 is 9.64 Å². The third-order valence-electron chi connectivity index (χ3n) is 5.19. The van der Waals surface area contributed by atoms with Crippen LogP contribution in [0, 0.1) is 17.2 Å². The van der Waals surface area contributed by atoms with Gasteiger partial charge >= 0.3 is 5.97 Å². The van der Waals surface area contributed by atoms with Crippen LogP contribution < -0.4 is 0 Å². The summed E-state index contributed by atoms with van der Waals surface area (Å²) in [5, 5.41) is 9.94. The minimum absolute atomic E-state index is 0.0587. The number of halogens is 1. The normalized spacial score (nSPS) is 11.6. The second-order valence-corrected chi connectivity index (χ2v) is 8.27. The number of hydrogen-bond donors (Lipinski definition) is 0. The monoisotopic (exact) mass is 440 g/mol. The summed E-state index contributed by atoms with van der Waals surface area (Å²) in [6.07, 6.45) is 2.06. The van der Waals surface area contributed by atoms with Crippen molar-refractivity contribution in [2.45, 2.75) is 52.6 Å². The van der Waals surface area contributed by atoms with E-state index >= 15 is 0 Å². The highest BCUT2D eigenvalue weighted by Gasteiger charge is 2.33. The molecular formula is C25H29ClN2O3. The van der Waals surface area contributed by atoms with Gasteiger partial charge in [0.25, 0.3) is 0 Å². The Hall–Kier alpha value is -2.84. The Kier molecular flexibility index (Phi) is 9.08. The summed E-state index contributed by atoms with van der Waals surface area (Å²) in [4.78, 5) is 27.0. The van der Waals surface area contributed by atoms with Gasteiger partial charge in [-0.1, -0.05) is 63.1 Å². The molecule has 0 aromatic heterocycles. The number of hydrogen-bond acceptors (Lipinski definition) is 4. The number of carbonyl (C=O) groups is 2. The largest absolute Gasteiger partial charge is 0.467 e. The van der Waals surface area contributed by atoms with Crippen molar-refractivity contribution in [2.24, 2.45) is 5.92 Å². The van der Waals surface area contributed by atoms with E-state index in [1.807, 2.05) is 45.0 Å². The van der Waals surface area contributed by atoms with Crippen molar-refractivity contribution >= 4 is 23.5 Å². The molecule has 2 aromatic carbocycles. The first kappa shape index (κ1) is 24.4. The van der Waals surface area contributed by atoms with Gasteiger partial charge in [-0.25, -0.2) is 4.79 Å². The molecule has 1 atom stereocenters. The molecule has 0 aliphatic rings. The summed E-state index contributed by atoms with van der Waals surface area (Å²) in [5.74, 6) is -0.548. The van der Waals surface area contributed by atoms with Gasteiger partial charge in [0.05, 0.1) is 18.7 Å². The highest BCUT2D eigenvalue weighted by atomic mass is 35.5. The lowest BCUT2D eigenvalue weighted by atomic mass is 9.98. The van der Waals surface area contributed by atoms with Gasteiger partial charge in [0.2, 0.25) is 5.91 Å². The molecular weight excluding hydrogens is 412 g/mol. The van der Waals surface area contributed by atoms with E-state index in [0.717, 1.165) is 29.5 Å². The highest BCUT2D eigenvalue weighted by Crippen LogP contribution is 2.28. The van der Waals surface area contributed by atoms with E-state index in [4.69, 9.17) is 16.3 Å². The van der Waals surface area contributed by atoms with Crippen molar-refractivity contribution in [3.05, 3.63) is 58.6 Å². The minimum Gasteiger partial charge on any atom is -0.467 e. The van der Waals surface area contributed by atoms with E-state index in [2.05, 4.69) is 6.07 Å². The van der Waals surface area contributed by atoms with E-state index in [-0.39, 0.29) is 11.8 Å². The maximum atomic E-state index is 12.9. The van der Waals surface area contributed by atoms with Gasteiger partial charge in [-0.15, -0.1) is 0 Å². The zero-order valence-corrected chi connectivity index (χ0v) is 19.3. The maximum absolute atomic E-state index is 12.9. The summed E-state index contributed by atoms with van der Waals surface area (Å²) in [6.45, 7) is 6.16. The van der Waals surface area contributed by atoms with Crippen LogP contribution in [0.2, 0.25) is 5.02 Å². The Balaban J connectivity index is 2.34. The fraction of sp³-hybridized carbons (Fsp3) is 0.400. The fourth-order valence-electron chi connectivity index (χ4n) is 3.53. The number of methoxy groups -OCH3 is 1. The number of ether oxygens (including phenoxy) is 1. The van der Waals surface area contributed by atoms with Gasteiger partial charge in [-0.2, -0.15) is 5.26 Å². The topological polar surface area (TPSA) is 70.4 Å². The molecule has 1 unspecified atom stereocenters. The molecule has 31 heavy (non-hydrogen) atoms. The second kappa shape index (κ2) is 11.5. The quantitative estimate of drug-likeness (QED) is 0.476. The van der Waals surface area contributed by atoms with Gasteiger partial charge in [0.15, 0.2) is 0 Å². The molecule has 0 aliphatic heterocycles. The standard InChI is InChI=1S/C25H29ClN2O3/c1-5-6-7-23(29)28(24(17(2)3)25(30)31-4)16-18-8-10-19(11-9-18)22-14-21(26)13-12-20(22)15-27/h8-14,17,24H,5-7,16H2,1-4H3. The third kappa shape index (κ3) is 6.32. The smallest absolute Gasteiger partial charge is 0.328 e. The average molecular weight is 441 g/mol. The van der Waals surface area contributed by atoms with Crippen LogP contribution in [-0.4, -0.2) is 29.9 Å². The van der Waals surface area contributed by atoms with Crippen molar-refractivity contribution < 1.29 is 14.3 Å². The van der Waals surface area contributed by atoms with E-state index in [9.17, 15) is 14.9 Å². The maximum Gasteiger partial charge on any atom is 0.328 e. The molecule has 0 fully saturated rings. The molecule has 0 aliphatic carbocycles.